The van der Waals surface area contributed by atoms with E-state index in [0.29, 0.717) is 22.3 Å². The van der Waals surface area contributed by atoms with Gasteiger partial charge < -0.3 is 13.9 Å². The molecule has 0 saturated carbocycles. The molecule has 3 rings (SSSR count). The highest BCUT2D eigenvalue weighted by atomic mass is 16.6. The van der Waals surface area contributed by atoms with E-state index in [1.807, 2.05) is 51.1 Å². The number of esters is 1. The SMILES string of the molecule is COC(=O)C(C)Oc1c(-c2ccc(C)cc2)oc2cc(C)c(C)cc2c1=O. The van der Waals surface area contributed by atoms with Gasteiger partial charge in [0.15, 0.2) is 11.9 Å². The average Bonchev–Trinajstić information content (AvgIpc) is 2.65. The van der Waals surface area contributed by atoms with Gasteiger partial charge in [0, 0.05) is 5.56 Å². The number of carbonyl (C=O) groups is 1. The summed E-state index contributed by atoms with van der Waals surface area (Å²) in [4.78, 5) is 25.0. The Morgan fingerprint density at radius 3 is 2.30 bits per heavy atom. The molecule has 1 unspecified atom stereocenters. The Hall–Kier alpha value is -3.08. The minimum atomic E-state index is -0.939. The fraction of sp³-hybridized carbons (Fsp3) is 0.273. The second-order valence-electron chi connectivity index (χ2n) is 6.67. The summed E-state index contributed by atoms with van der Waals surface area (Å²) in [6.07, 6.45) is -0.939. The molecule has 1 aromatic heterocycles. The minimum absolute atomic E-state index is 0.00695. The highest BCUT2D eigenvalue weighted by Gasteiger charge is 2.23. The number of rotatable bonds is 4. The van der Waals surface area contributed by atoms with Crippen LogP contribution in [-0.4, -0.2) is 19.2 Å². The molecule has 27 heavy (non-hydrogen) atoms. The fourth-order valence-corrected chi connectivity index (χ4v) is 2.83. The fourth-order valence-electron chi connectivity index (χ4n) is 2.83. The highest BCUT2D eigenvalue weighted by Crippen LogP contribution is 2.32. The van der Waals surface area contributed by atoms with Crippen LogP contribution in [0.5, 0.6) is 5.75 Å². The molecule has 0 saturated heterocycles. The van der Waals surface area contributed by atoms with Crippen LogP contribution in [0.4, 0.5) is 0 Å². The molecule has 0 fully saturated rings. The van der Waals surface area contributed by atoms with E-state index < -0.39 is 12.1 Å². The van der Waals surface area contributed by atoms with Crippen LogP contribution < -0.4 is 10.2 Å². The quantitative estimate of drug-likeness (QED) is 0.643. The van der Waals surface area contributed by atoms with E-state index in [1.165, 1.54) is 14.0 Å². The Kier molecular flexibility index (Phi) is 5.04. The predicted molar refractivity (Wildman–Crippen MR) is 104 cm³/mol. The summed E-state index contributed by atoms with van der Waals surface area (Å²) in [6, 6.07) is 11.2. The van der Waals surface area contributed by atoms with Gasteiger partial charge in [0.05, 0.1) is 12.5 Å². The predicted octanol–water partition coefficient (Wildman–Crippen LogP) is 4.33. The van der Waals surface area contributed by atoms with Crippen molar-refractivity contribution in [3.63, 3.8) is 0 Å². The van der Waals surface area contributed by atoms with E-state index >= 15 is 0 Å². The largest absolute Gasteiger partial charge is 0.471 e. The zero-order valence-electron chi connectivity index (χ0n) is 16.1. The number of hydrogen-bond donors (Lipinski definition) is 0. The molecule has 2 aromatic carbocycles. The summed E-state index contributed by atoms with van der Waals surface area (Å²) in [5, 5.41) is 0.418. The molecule has 0 bridgehead atoms. The summed E-state index contributed by atoms with van der Waals surface area (Å²) in [6.45, 7) is 7.40. The number of methoxy groups -OCH3 is 1. The molecule has 140 valence electrons. The molecule has 3 aromatic rings. The Balaban J connectivity index is 2.28. The van der Waals surface area contributed by atoms with Crippen molar-refractivity contribution in [2.24, 2.45) is 0 Å². The second-order valence-corrected chi connectivity index (χ2v) is 6.67. The first-order valence-electron chi connectivity index (χ1n) is 8.71. The van der Waals surface area contributed by atoms with Gasteiger partial charge in [-0.15, -0.1) is 0 Å². The smallest absolute Gasteiger partial charge is 0.346 e. The van der Waals surface area contributed by atoms with Crippen molar-refractivity contribution < 1.29 is 18.7 Å². The maximum Gasteiger partial charge on any atom is 0.346 e. The van der Waals surface area contributed by atoms with Gasteiger partial charge in [-0.1, -0.05) is 29.8 Å². The maximum atomic E-state index is 13.2. The van der Waals surface area contributed by atoms with Crippen LogP contribution in [0.3, 0.4) is 0 Å². The maximum absolute atomic E-state index is 13.2. The topological polar surface area (TPSA) is 65.7 Å². The third-order valence-corrected chi connectivity index (χ3v) is 4.61. The van der Waals surface area contributed by atoms with E-state index in [0.717, 1.165) is 16.7 Å². The van der Waals surface area contributed by atoms with Crippen LogP contribution in [0, 0.1) is 20.8 Å². The van der Waals surface area contributed by atoms with Crippen LogP contribution in [0.15, 0.2) is 45.6 Å². The molecule has 0 N–H and O–H groups in total. The van der Waals surface area contributed by atoms with Gasteiger partial charge in [0.25, 0.3) is 0 Å². The number of fused-ring (bicyclic) bond motifs is 1. The van der Waals surface area contributed by atoms with Crippen molar-refractivity contribution in [3.05, 3.63) is 63.3 Å². The van der Waals surface area contributed by atoms with Crippen LogP contribution in [0.2, 0.25) is 0 Å². The Labute approximate surface area is 157 Å². The van der Waals surface area contributed by atoms with Crippen molar-refractivity contribution in [2.45, 2.75) is 33.8 Å². The van der Waals surface area contributed by atoms with Crippen LogP contribution in [0.1, 0.15) is 23.6 Å². The Morgan fingerprint density at radius 1 is 1.04 bits per heavy atom. The van der Waals surface area contributed by atoms with Crippen molar-refractivity contribution in [1.29, 1.82) is 0 Å². The molecule has 0 amide bonds. The van der Waals surface area contributed by atoms with E-state index in [4.69, 9.17) is 13.9 Å². The lowest BCUT2D eigenvalue weighted by Crippen LogP contribution is -2.27. The van der Waals surface area contributed by atoms with Gasteiger partial charge in [-0.3, -0.25) is 4.79 Å². The zero-order chi connectivity index (χ0) is 19.7. The average molecular weight is 366 g/mol. The number of ether oxygens (including phenoxy) is 2. The minimum Gasteiger partial charge on any atom is -0.471 e. The lowest BCUT2D eigenvalue weighted by Gasteiger charge is -2.16. The Bertz CT molecular complexity index is 1060. The highest BCUT2D eigenvalue weighted by molar-refractivity contribution is 5.84. The molecule has 1 atom stereocenters. The van der Waals surface area contributed by atoms with Gasteiger partial charge in [0.2, 0.25) is 11.2 Å². The van der Waals surface area contributed by atoms with E-state index in [1.54, 1.807) is 6.07 Å². The summed E-state index contributed by atoms with van der Waals surface area (Å²) in [7, 11) is 1.28. The first-order chi connectivity index (χ1) is 12.8. The summed E-state index contributed by atoms with van der Waals surface area (Å²) in [5.74, 6) is -0.261. The molecule has 0 aliphatic heterocycles. The van der Waals surface area contributed by atoms with Gasteiger partial charge in [-0.2, -0.15) is 0 Å². The van der Waals surface area contributed by atoms with Gasteiger partial charge in [-0.05, 0) is 51.0 Å². The number of benzene rings is 2. The first kappa shape index (κ1) is 18.7. The van der Waals surface area contributed by atoms with Gasteiger partial charge >= 0.3 is 5.97 Å². The molecule has 0 aliphatic rings. The van der Waals surface area contributed by atoms with E-state index in [9.17, 15) is 9.59 Å². The molecule has 0 aliphatic carbocycles. The van der Waals surface area contributed by atoms with Crippen molar-refractivity contribution in [1.82, 2.24) is 0 Å². The first-order valence-corrected chi connectivity index (χ1v) is 8.71. The van der Waals surface area contributed by atoms with Crippen molar-refractivity contribution in [2.75, 3.05) is 7.11 Å². The molecule has 5 nitrogen and oxygen atoms in total. The standard InChI is InChI=1S/C22H22O5/c1-12-6-8-16(9-7-12)20-21(26-15(4)22(24)25-5)19(23)17-10-13(2)14(3)11-18(17)27-20/h6-11,15H,1-5H3. The van der Waals surface area contributed by atoms with Crippen LogP contribution >= 0.6 is 0 Å². The normalized spacial score (nSPS) is 12.0. The third kappa shape index (κ3) is 3.58. The molecule has 0 spiro atoms. The lowest BCUT2D eigenvalue weighted by atomic mass is 10.0. The van der Waals surface area contributed by atoms with Crippen molar-refractivity contribution in [3.8, 4) is 17.1 Å². The second kappa shape index (κ2) is 7.27. The number of aryl methyl sites for hydroxylation is 3. The van der Waals surface area contributed by atoms with Crippen molar-refractivity contribution >= 4 is 16.9 Å². The van der Waals surface area contributed by atoms with Crippen LogP contribution in [0.25, 0.3) is 22.3 Å². The van der Waals surface area contributed by atoms with Gasteiger partial charge in [-0.25, -0.2) is 4.79 Å². The third-order valence-electron chi connectivity index (χ3n) is 4.61. The number of hydrogen-bond acceptors (Lipinski definition) is 5. The summed E-state index contributed by atoms with van der Waals surface area (Å²) >= 11 is 0. The molecular formula is C22H22O5. The molecule has 1 heterocycles. The van der Waals surface area contributed by atoms with Gasteiger partial charge in [0.1, 0.15) is 5.58 Å². The monoisotopic (exact) mass is 366 g/mol. The van der Waals surface area contributed by atoms with Crippen LogP contribution in [-0.2, 0) is 9.53 Å². The summed E-state index contributed by atoms with van der Waals surface area (Å²) in [5.41, 5.74) is 3.95. The summed E-state index contributed by atoms with van der Waals surface area (Å²) < 4.78 is 16.5. The molecule has 0 radical (unpaired) electrons. The zero-order valence-corrected chi connectivity index (χ0v) is 16.1. The lowest BCUT2D eigenvalue weighted by molar-refractivity contribution is -0.147. The molecular weight excluding hydrogens is 344 g/mol. The van der Waals surface area contributed by atoms with E-state index in [2.05, 4.69) is 0 Å². The Morgan fingerprint density at radius 2 is 1.67 bits per heavy atom. The molecule has 5 heteroatoms. The van der Waals surface area contributed by atoms with E-state index in [-0.39, 0.29) is 11.2 Å². The number of carbonyl (C=O) groups excluding carboxylic acids is 1.